The average Bonchev–Trinajstić information content (AvgIpc) is 2.48. The van der Waals surface area contributed by atoms with Crippen LogP contribution in [0.2, 0.25) is 0 Å². The van der Waals surface area contributed by atoms with Crippen molar-refractivity contribution in [1.29, 1.82) is 0 Å². The molecule has 0 saturated carbocycles. The first-order valence-corrected chi connectivity index (χ1v) is 7.84. The highest BCUT2D eigenvalue weighted by molar-refractivity contribution is 7.81. The summed E-state index contributed by atoms with van der Waals surface area (Å²) >= 11 is 4.49. The first-order valence-electron chi connectivity index (χ1n) is 7.32. The molecular weight excluding hydrogens is 270 g/mol. The van der Waals surface area contributed by atoms with E-state index in [0.29, 0.717) is 12.3 Å². The summed E-state index contributed by atoms with van der Waals surface area (Å²) in [5.74, 6) is 0.565. The van der Waals surface area contributed by atoms with E-state index in [1.54, 1.807) is 0 Å². The molecule has 1 aromatic carbocycles. The number of amides is 1. The number of hydrogen-bond donors (Lipinski definition) is 2. The van der Waals surface area contributed by atoms with Crippen LogP contribution in [0.4, 0.5) is 0 Å². The first-order chi connectivity index (χ1) is 9.70. The third-order valence-electron chi connectivity index (χ3n) is 3.92. The zero-order valence-electron chi connectivity index (χ0n) is 11.7. The zero-order chi connectivity index (χ0) is 14.4. The number of thiol groups is 1. The fourth-order valence-corrected chi connectivity index (χ4v) is 3.19. The first kappa shape index (κ1) is 15.4. The Balaban J connectivity index is 1.89. The minimum atomic E-state index is -0.273. The average molecular weight is 293 g/mol. The summed E-state index contributed by atoms with van der Waals surface area (Å²) in [7, 11) is 0. The Morgan fingerprint density at radius 1 is 1.40 bits per heavy atom. The highest BCUT2D eigenvalue weighted by Crippen LogP contribution is 2.21. The molecule has 0 aromatic heterocycles. The van der Waals surface area contributed by atoms with Crippen molar-refractivity contribution in [3.63, 3.8) is 0 Å². The van der Waals surface area contributed by atoms with E-state index >= 15 is 0 Å². The molecule has 0 aliphatic carbocycles. The molecule has 2 rings (SSSR count). The largest absolute Gasteiger partial charge is 0.396 e. The number of likely N-dealkylation sites (tertiary alicyclic amines) is 1. The summed E-state index contributed by atoms with van der Waals surface area (Å²) in [5.41, 5.74) is 1.14. The smallest absolute Gasteiger partial charge is 0.235 e. The van der Waals surface area contributed by atoms with Crippen LogP contribution in [-0.2, 0) is 11.2 Å². The molecule has 1 amide bonds. The monoisotopic (exact) mass is 293 g/mol. The number of piperidine rings is 1. The van der Waals surface area contributed by atoms with Crippen molar-refractivity contribution in [3.05, 3.63) is 35.9 Å². The number of aliphatic hydroxyl groups is 1. The summed E-state index contributed by atoms with van der Waals surface area (Å²) in [6.45, 7) is 1.80. The lowest BCUT2D eigenvalue weighted by Crippen LogP contribution is -2.44. The fourth-order valence-electron chi connectivity index (χ4n) is 2.82. The molecule has 1 aliphatic heterocycles. The van der Waals surface area contributed by atoms with Crippen LogP contribution in [0.5, 0.6) is 0 Å². The molecule has 2 atom stereocenters. The van der Waals surface area contributed by atoms with Crippen molar-refractivity contribution in [2.45, 2.75) is 30.9 Å². The zero-order valence-corrected chi connectivity index (χ0v) is 12.6. The van der Waals surface area contributed by atoms with Gasteiger partial charge in [0, 0.05) is 19.7 Å². The van der Waals surface area contributed by atoms with Gasteiger partial charge in [0.05, 0.1) is 5.25 Å². The lowest BCUT2D eigenvalue weighted by atomic mass is 9.94. The van der Waals surface area contributed by atoms with Crippen LogP contribution in [0.1, 0.15) is 24.8 Å². The van der Waals surface area contributed by atoms with Gasteiger partial charge in [0.25, 0.3) is 0 Å². The van der Waals surface area contributed by atoms with Gasteiger partial charge in [-0.3, -0.25) is 4.79 Å². The molecule has 20 heavy (non-hydrogen) atoms. The number of carbonyl (C=O) groups excluding carboxylic acids is 1. The van der Waals surface area contributed by atoms with Crippen LogP contribution in [0.25, 0.3) is 0 Å². The van der Waals surface area contributed by atoms with Crippen molar-refractivity contribution in [1.82, 2.24) is 4.90 Å². The molecule has 1 aliphatic rings. The van der Waals surface area contributed by atoms with Gasteiger partial charge in [0.2, 0.25) is 5.91 Å². The second-order valence-electron chi connectivity index (χ2n) is 5.51. The van der Waals surface area contributed by atoms with Crippen molar-refractivity contribution in [2.75, 3.05) is 19.7 Å². The number of carbonyl (C=O) groups is 1. The number of aliphatic hydroxyl groups excluding tert-OH is 1. The van der Waals surface area contributed by atoms with Crippen LogP contribution < -0.4 is 0 Å². The van der Waals surface area contributed by atoms with E-state index in [0.717, 1.165) is 37.9 Å². The maximum absolute atomic E-state index is 12.4. The van der Waals surface area contributed by atoms with Gasteiger partial charge < -0.3 is 10.0 Å². The molecule has 0 bridgehead atoms. The quantitative estimate of drug-likeness (QED) is 0.817. The van der Waals surface area contributed by atoms with Crippen LogP contribution in [0, 0.1) is 5.92 Å². The van der Waals surface area contributed by atoms with Crippen LogP contribution in [0.3, 0.4) is 0 Å². The van der Waals surface area contributed by atoms with Gasteiger partial charge in [0.1, 0.15) is 0 Å². The van der Waals surface area contributed by atoms with Crippen molar-refractivity contribution >= 4 is 18.5 Å². The molecule has 0 spiro atoms. The maximum Gasteiger partial charge on any atom is 0.235 e. The molecule has 4 heteroatoms. The standard InChI is InChI=1S/C16H23NO2S/c18-10-8-14-7-4-9-17(12-14)16(19)15(20)11-13-5-2-1-3-6-13/h1-3,5-6,14-15,18,20H,4,7-12H2. The Morgan fingerprint density at radius 3 is 2.85 bits per heavy atom. The molecule has 2 unspecified atom stereocenters. The number of hydrogen-bond acceptors (Lipinski definition) is 3. The summed E-state index contributed by atoms with van der Waals surface area (Å²) in [6, 6.07) is 10.0. The normalized spacial score (nSPS) is 20.7. The fraction of sp³-hybridized carbons (Fsp3) is 0.562. The molecule has 1 aromatic rings. The topological polar surface area (TPSA) is 40.5 Å². The third kappa shape index (κ3) is 4.25. The van der Waals surface area contributed by atoms with Crippen LogP contribution >= 0.6 is 12.6 Å². The van der Waals surface area contributed by atoms with Gasteiger partial charge in [-0.05, 0) is 37.2 Å². The van der Waals surface area contributed by atoms with E-state index in [4.69, 9.17) is 5.11 Å². The second kappa shape index (κ2) is 7.70. The Morgan fingerprint density at radius 2 is 2.15 bits per heavy atom. The highest BCUT2D eigenvalue weighted by atomic mass is 32.1. The van der Waals surface area contributed by atoms with Crippen molar-refractivity contribution in [2.24, 2.45) is 5.92 Å². The number of rotatable bonds is 5. The van der Waals surface area contributed by atoms with Crippen molar-refractivity contribution < 1.29 is 9.90 Å². The molecule has 1 saturated heterocycles. The van der Waals surface area contributed by atoms with Gasteiger partial charge in [-0.2, -0.15) is 12.6 Å². The van der Waals surface area contributed by atoms with Gasteiger partial charge in [-0.1, -0.05) is 30.3 Å². The Hall–Kier alpha value is -1.00. The van der Waals surface area contributed by atoms with E-state index in [1.807, 2.05) is 35.2 Å². The van der Waals surface area contributed by atoms with Crippen LogP contribution in [0.15, 0.2) is 30.3 Å². The lowest BCUT2D eigenvalue weighted by molar-refractivity contribution is -0.132. The van der Waals surface area contributed by atoms with E-state index in [-0.39, 0.29) is 17.8 Å². The van der Waals surface area contributed by atoms with E-state index < -0.39 is 0 Å². The molecule has 1 N–H and O–H groups in total. The third-order valence-corrected chi connectivity index (χ3v) is 4.33. The molecule has 1 fully saturated rings. The summed E-state index contributed by atoms with van der Waals surface area (Å²) in [6.07, 6.45) is 3.60. The molecular formula is C16H23NO2S. The Bertz CT molecular complexity index is 422. The van der Waals surface area contributed by atoms with E-state index in [1.165, 1.54) is 0 Å². The SMILES string of the molecule is O=C(C(S)Cc1ccccc1)N1CCCC(CCO)C1. The Kier molecular flexibility index (Phi) is 5.92. The molecule has 3 nitrogen and oxygen atoms in total. The van der Waals surface area contributed by atoms with Gasteiger partial charge in [0.15, 0.2) is 0 Å². The Labute approximate surface area is 126 Å². The second-order valence-corrected chi connectivity index (χ2v) is 6.13. The minimum Gasteiger partial charge on any atom is -0.396 e. The lowest BCUT2D eigenvalue weighted by Gasteiger charge is -2.34. The van der Waals surface area contributed by atoms with Gasteiger partial charge in [-0.25, -0.2) is 0 Å². The van der Waals surface area contributed by atoms with E-state index in [9.17, 15) is 4.79 Å². The number of benzene rings is 1. The van der Waals surface area contributed by atoms with Gasteiger partial charge >= 0.3 is 0 Å². The predicted octanol–water partition coefficient (Wildman–Crippen LogP) is 2.15. The summed E-state index contributed by atoms with van der Waals surface area (Å²) in [5, 5.41) is 8.76. The maximum atomic E-state index is 12.4. The summed E-state index contributed by atoms with van der Waals surface area (Å²) in [4.78, 5) is 14.4. The van der Waals surface area contributed by atoms with E-state index in [2.05, 4.69) is 12.6 Å². The molecule has 110 valence electrons. The highest BCUT2D eigenvalue weighted by Gasteiger charge is 2.26. The van der Waals surface area contributed by atoms with Crippen molar-refractivity contribution in [3.8, 4) is 0 Å². The molecule has 0 radical (unpaired) electrons. The number of nitrogens with zero attached hydrogens (tertiary/aromatic N) is 1. The van der Waals surface area contributed by atoms with Crippen LogP contribution in [-0.4, -0.2) is 40.9 Å². The molecule has 1 heterocycles. The van der Waals surface area contributed by atoms with Gasteiger partial charge in [-0.15, -0.1) is 0 Å². The predicted molar refractivity (Wildman–Crippen MR) is 83.9 cm³/mol. The summed E-state index contributed by atoms with van der Waals surface area (Å²) < 4.78 is 0. The minimum absolute atomic E-state index is 0.125.